The van der Waals surface area contributed by atoms with Crippen LogP contribution in [0.4, 0.5) is 0 Å². The van der Waals surface area contributed by atoms with Gasteiger partial charge in [-0.05, 0) is 30.7 Å². The van der Waals surface area contributed by atoms with Crippen LogP contribution in [0.15, 0.2) is 56.8 Å². The van der Waals surface area contributed by atoms with Crippen LogP contribution in [0.25, 0.3) is 12.2 Å². The Morgan fingerprint density at radius 1 is 0.880 bits per heavy atom. The van der Waals surface area contributed by atoms with Crippen molar-refractivity contribution in [1.82, 2.24) is 0 Å². The van der Waals surface area contributed by atoms with Crippen LogP contribution in [0, 0.1) is 22.7 Å². The maximum Gasteiger partial charge on any atom is 0.173 e. The summed E-state index contributed by atoms with van der Waals surface area (Å²) in [4.78, 5) is 24.1. The van der Waals surface area contributed by atoms with Gasteiger partial charge in [-0.2, -0.15) is 10.5 Å². The first kappa shape index (κ1) is 17.7. The number of ketones is 2. The van der Waals surface area contributed by atoms with Gasteiger partial charge in [0.1, 0.15) is 23.7 Å². The van der Waals surface area contributed by atoms with Gasteiger partial charge >= 0.3 is 0 Å². The molecule has 0 saturated carbocycles. The van der Waals surface area contributed by atoms with Gasteiger partial charge < -0.3 is 8.83 Å². The molecule has 2 aromatic heterocycles. The molecule has 2 heterocycles. The third kappa shape index (κ3) is 5.19. The topological polar surface area (TPSA) is 108 Å². The summed E-state index contributed by atoms with van der Waals surface area (Å²) in [6, 6.07) is 10.2. The molecule has 0 fully saturated rings. The second kappa shape index (κ2) is 8.85. The summed E-state index contributed by atoms with van der Waals surface area (Å²) in [5.74, 6) is 0.0729. The van der Waals surface area contributed by atoms with E-state index in [2.05, 4.69) is 0 Å². The smallest absolute Gasteiger partial charge is 0.173 e. The van der Waals surface area contributed by atoms with Crippen LogP contribution in [-0.4, -0.2) is 11.6 Å². The molecule has 0 unspecified atom stereocenters. The van der Waals surface area contributed by atoms with Crippen LogP contribution in [0.3, 0.4) is 0 Å². The predicted molar refractivity (Wildman–Crippen MR) is 88.5 cm³/mol. The minimum atomic E-state index is -0.375. The average Bonchev–Trinajstić information content (AvgIpc) is 3.30. The second-order valence-electron chi connectivity index (χ2n) is 5.07. The molecule has 124 valence electrons. The number of hydrogen-bond donors (Lipinski definition) is 0. The maximum absolute atomic E-state index is 12.0. The third-order valence-corrected chi connectivity index (χ3v) is 3.31. The van der Waals surface area contributed by atoms with E-state index in [1.54, 1.807) is 24.3 Å². The van der Waals surface area contributed by atoms with Gasteiger partial charge in [0.25, 0.3) is 0 Å². The molecule has 0 bridgehead atoms. The zero-order chi connectivity index (χ0) is 18.1. The van der Waals surface area contributed by atoms with E-state index in [0.29, 0.717) is 11.5 Å². The first-order valence-electron chi connectivity index (χ1n) is 7.51. The van der Waals surface area contributed by atoms with Crippen LogP contribution in [0.1, 0.15) is 30.8 Å². The molecule has 2 aromatic rings. The van der Waals surface area contributed by atoms with E-state index in [9.17, 15) is 9.59 Å². The SMILES string of the molecule is N#C/C(=C\c1ccco1)C(=O)CCCC(=O)/C(C#N)=C/c1ccco1. The van der Waals surface area contributed by atoms with Crippen LogP contribution < -0.4 is 0 Å². The minimum absolute atomic E-state index is 0.0330. The summed E-state index contributed by atoms with van der Waals surface area (Å²) < 4.78 is 10.1. The predicted octanol–water partition coefficient (Wildman–Crippen LogP) is 3.70. The fourth-order valence-electron chi connectivity index (χ4n) is 2.06. The highest BCUT2D eigenvalue weighted by Crippen LogP contribution is 2.14. The van der Waals surface area contributed by atoms with E-state index in [1.165, 1.54) is 24.7 Å². The van der Waals surface area contributed by atoms with E-state index in [-0.39, 0.29) is 42.0 Å². The number of carbonyl (C=O) groups is 2. The number of nitrogens with zero attached hydrogens (tertiary/aromatic N) is 2. The van der Waals surface area contributed by atoms with Crippen molar-refractivity contribution < 1.29 is 18.4 Å². The van der Waals surface area contributed by atoms with E-state index in [4.69, 9.17) is 19.4 Å². The number of allylic oxidation sites excluding steroid dienone is 2. The fourth-order valence-corrected chi connectivity index (χ4v) is 2.06. The van der Waals surface area contributed by atoms with Crippen LogP contribution in [-0.2, 0) is 9.59 Å². The monoisotopic (exact) mass is 334 g/mol. The lowest BCUT2D eigenvalue weighted by Gasteiger charge is -2.00. The van der Waals surface area contributed by atoms with Crippen molar-refractivity contribution in [2.24, 2.45) is 0 Å². The van der Waals surface area contributed by atoms with Crippen molar-refractivity contribution in [1.29, 1.82) is 10.5 Å². The van der Waals surface area contributed by atoms with Gasteiger partial charge in [0.05, 0.1) is 23.7 Å². The molecule has 0 saturated heterocycles. The molecule has 2 rings (SSSR count). The highest BCUT2D eigenvalue weighted by atomic mass is 16.3. The summed E-state index contributed by atoms with van der Waals surface area (Å²) in [5, 5.41) is 18.1. The van der Waals surface area contributed by atoms with Crippen molar-refractivity contribution in [2.45, 2.75) is 19.3 Å². The summed E-state index contributed by atoms with van der Waals surface area (Å²) in [5.41, 5.74) is -0.0666. The third-order valence-electron chi connectivity index (χ3n) is 3.31. The maximum atomic E-state index is 12.0. The van der Waals surface area contributed by atoms with Gasteiger partial charge in [-0.15, -0.1) is 0 Å². The zero-order valence-electron chi connectivity index (χ0n) is 13.3. The highest BCUT2D eigenvalue weighted by Gasteiger charge is 2.14. The number of hydrogen-bond acceptors (Lipinski definition) is 6. The Morgan fingerprint density at radius 2 is 1.32 bits per heavy atom. The largest absolute Gasteiger partial charge is 0.465 e. The molecule has 0 aromatic carbocycles. The summed E-state index contributed by atoms with van der Waals surface area (Å²) in [6.07, 6.45) is 5.92. The summed E-state index contributed by atoms with van der Waals surface area (Å²) in [7, 11) is 0. The number of carbonyl (C=O) groups excluding carboxylic acids is 2. The zero-order valence-corrected chi connectivity index (χ0v) is 13.3. The van der Waals surface area contributed by atoms with Crippen LogP contribution in [0.2, 0.25) is 0 Å². The van der Waals surface area contributed by atoms with Crippen molar-refractivity contribution in [3.05, 3.63) is 59.5 Å². The Labute approximate surface area is 144 Å². The molecular weight excluding hydrogens is 320 g/mol. The normalized spacial score (nSPS) is 11.6. The molecule has 0 aliphatic heterocycles. The summed E-state index contributed by atoms with van der Waals surface area (Å²) in [6.45, 7) is 0. The lowest BCUT2D eigenvalue weighted by molar-refractivity contribution is -0.116. The Balaban J connectivity index is 1.91. The Bertz CT molecular complexity index is 799. The first-order chi connectivity index (χ1) is 12.1. The van der Waals surface area contributed by atoms with Crippen molar-refractivity contribution in [3.8, 4) is 12.1 Å². The average molecular weight is 334 g/mol. The second-order valence-corrected chi connectivity index (χ2v) is 5.07. The van der Waals surface area contributed by atoms with Gasteiger partial charge in [-0.1, -0.05) is 0 Å². The standard InChI is InChI=1S/C19H14N2O4/c20-12-14(10-16-4-2-8-24-16)18(22)6-1-7-19(23)15(13-21)11-17-5-3-9-25-17/h2-5,8-11H,1,6-7H2/b14-10+,15-11+. The van der Waals surface area contributed by atoms with Crippen molar-refractivity contribution in [3.63, 3.8) is 0 Å². The van der Waals surface area contributed by atoms with E-state index < -0.39 is 0 Å². The van der Waals surface area contributed by atoms with E-state index >= 15 is 0 Å². The molecule has 25 heavy (non-hydrogen) atoms. The molecule has 0 amide bonds. The molecule has 6 nitrogen and oxygen atoms in total. The first-order valence-corrected chi connectivity index (χ1v) is 7.51. The van der Waals surface area contributed by atoms with E-state index in [0.717, 1.165) is 0 Å². The number of furan rings is 2. The highest BCUT2D eigenvalue weighted by molar-refractivity contribution is 6.04. The molecule has 0 radical (unpaired) electrons. The summed E-state index contributed by atoms with van der Waals surface area (Å²) >= 11 is 0. The van der Waals surface area contributed by atoms with Gasteiger partial charge in [-0.25, -0.2) is 0 Å². The van der Waals surface area contributed by atoms with E-state index in [1.807, 2.05) is 12.1 Å². The molecule has 0 aliphatic rings. The number of nitriles is 2. The molecule has 6 heteroatoms. The number of Topliss-reactive ketones (excluding diaryl/α,β-unsaturated/α-hetero) is 2. The van der Waals surface area contributed by atoms with Crippen LogP contribution in [0.5, 0.6) is 0 Å². The molecular formula is C19H14N2O4. The van der Waals surface area contributed by atoms with Crippen molar-refractivity contribution >= 4 is 23.7 Å². The quantitative estimate of drug-likeness (QED) is 0.538. The Hall–Kier alpha value is -3.64. The fraction of sp³-hybridized carbons (Fsp3) is 0.158. The lowest BCUT2D eigenvalue weighted by Crippen LogP contribution is -2.05. The molecule has 0 spiro atoms. The van der Waals surface area contributed by atoms with Gasteiger partial charge in [0.2, 0.25) is 0 Å². The van der Waals surface area contributed by atoms with Crippen molar-refractivity contribution in [2.75, 3.05) is 0 Å². The van der Waals surface area contributed by atoms with Crippen LogP contribution >= 0.6 is 0 Å². The van der Waals surface area contributed by atoms with Gasteiger partial charge in [0.15, 0.2) is 11.6 Å². The Morgan fingerprint density at radius 3 is 1.64 bits per heavy atom. The van der Waals surface area contributed by atoms with Gasteiger partial charge in [-0.3, -0.25) is 9.59 Å². The Kier molecular flexibility index (Phi) is 6.27. The molecule has 0 aliphatic carbocycles. The lowest BCUT2D eigenvalue weighted by atomic mass is 10.0. The minimum Gasteiger partial charge on any atom is -0.465 e. The molecule has 0 atom stereocenters. The number of rotatable bonds is 8. The van der Waals surface area contributed by atoms with Gasteiger partial charge in [0, 0.05) is 25.0 Å². The molecule has 0 N–H and O–H groups in total.